The number of methoxy groups -OCH3 is 1. The first kappa shape index (κ1) is 13.6. The Morgan fingerprint density at radius 2 is 2.45 bits per heavy atom. The number of rotatable bonds is 3. The average molecular weight is 274 g/mol. The van der Waals surface area contributed by atoms with Gasteiger partial charge in [-0.1, -0.05) is 12.5 Å². The maximum atomic E-state index is 12.2. The van der Waals surface area contributed by atoms with Gasteiger partial charge in [-0.3, -0.25) is 14.7 Å². The van der Waals surface area contributed by atoms with Crippen molar-refractivity contribution in [3.8, 4) is 0 Å². The van der Waals surface area contributed by atoms with Crippen molar-refractivity contribution >= 4 is 5.97 Å². The maximum Gasteiger partial charge on any atom is 0.313 e. The highest BCUT2D eigenvalue weighted by Crippen LogP contribution is 2.49. The zero-order chi connectivity index (χ0) is 14.2. The van der Waals surface area contributed by atoms with Crippen molar-refractivity contribution in [2.45, 2.75) is 32.7 Å². The Morgan fingerprint density at radius 3 is 3.20 bits per heavy atom. The van der Waals surface area contributed by atoms with Crippen LogP contribution < -0.4 is 0 Å². The van der Waals surface area contributed by atoms with Gasteiger partial charge in [0.15, 0.2) is 0 Å². The number of aromatic nitrogens is 1. The first-order chi connectivity index (χ1) is 9.65. The summed E-state index contributed by atoms with van der Waals surface area (Å²) in [5.41, 5.74) is 2.09. The number of pyridine rings is 1. The molecule has 108 valence electrons. The number of hydrogen-bond acceptors (Lipinski definition) is 4. The van der Waals surface area contributed by atoms with Crippen LogP contribution in [0.15, 0.2) is 18.3 Å². The Morgan fingerprint density at radius 1 is 1.60 bits per heavy atom. The molecule has 1 aliphatic heterocycles. The largest absolute Gasteiger partial charge is 0.469 e. The van der Waals surface area contributed by atoms with E-state index in [1.54, 1.807) is 0 Å². The highest BCUT2D eigenvalue weighted by atomic mass is 16.5. The highest BCUT2D eigenvalue weighted by molar-refractivity contribution is 5.78. The van der Waals surface area contributed by atoms with Crippen LogP contribution in [0.2, 0.25) is 0 Å². The number of aryl methyl sites for hydroxylation is 1. The number of ether oxygens (including phenoxy) is 1. The third kappa shape index (κ3) is 2.12. The molecule has 4 heteroatoms. The summed E-state index contributed by atoms with van der Waals surface area (Å²) in [5, 5.41) is 0. The van der Waals surface area contributed by atoms with Crippen molar-refractivity contribution in [2.24, 2.45) is 11.3 Å². The predicted molar refractivity (Wildman–Crippen MR) is 76.0 cm³/mol. The second-order valence-electron chi connectivity index (χ2n) is 6.15. The molecule has 0 N–H and O–H groups in total. The Bertz CT molecular complexity index is 517. The molecule has 2 aliphatic rings. The van der Waals surface area contributed by atoms with E-state index < -0.39 is 0 Å². The lowest BCUT2D eigenvalue weighted by atomic mass is 9.81. The fourth-order valence-electron chi connectivity index (χ4n) is 3.98. The molecule has 1 aliphatic carbocycles. The molecule has 2 fully saturated rings. The van der Waals surface area contributed by atoms with Gasteiger partial charge in [-0.15, -0.1) is 0 Å². The molecule has 0 aromatic carbocycles. The van der Waals surface area contributed by atoms with Gasteiger partial charge >= 0.3 is 5.97 Å². The molecule has 1 saturated heterocycles. The second kappa shape index (κ2) is 5.17. The van der Waals surface area contributed by atoms with Gasteiger partial charge in [-0.05, 0) is 37.3 Å². The molecule has 1 saturated carbocycles. The van der Waals surface area contributed by atoms with Gasteiger partial charge in [-0.2, -0.15) is 0 Å². The minimum absolute atomic E-state index is 0.00888. The molecule has 2 atom stereocenters. The standard InChI is InChI=1S/C16H22N2O2/c1-12-13(5-4-8-17-12)9-18-10-14-6-3-7-16(14,11-18)15(19)20-2/h4-5,8,14H,3,6-7,9-11H2,1-2H3/t14-,16+/m1/s1. The first-order valence-electron chi connectivity index (χ1n) is 7.37. The van der Waals surface area contributed by atoms with Crippen LogP contribution in [0.4, 0.5) is 0 Å². The quantitative estimate of drug-likeness (QED) is 0.792. The van der Waals surface area contributed by atoms with Crippen molar-refractivity contribution in [3.63, 3.8) is 0 Å². The van der Waals surface area contributed by atoms with E-state index in [2.05, 4.69) is 16.0 Å². The molecule has 0 bridgehead atoms. The van der Waals surface area contributed by atoms with Crippen LogP contribution in [0.3, 0.4) is 0 Å². The summed E-state index contributed by atoms with van der Waals surface area (Å²) in [6.45, 7) is 4.76. The van der Waals surface area contributed by atoms with E-state index in [1.807, 2.05) is 19.2 Å². The zero-order valence-corrected chi connectivity index (χ0v) is 12.3. The van der Waals surface area contributed by atoms with E-state index in [1.165, 1.54) is 12.7 Å². The van der Waals surface area contributed by atoms with Crippen LogP contribution in [0.1, 0.15) is 30.5 Å². The summed E-state index contributed by atoms with van der Waals surface area (Å²) in [6, 6.07) is 4.11. The molecule has 0 amide bonds. The molecule has 4 nitrogen and oxygen atoms in total. The molecular weight excluding hydrogens is 252 g/mol. The number of hydrogen-bond donors (Lipinski definition) is 0. The summed E-state index contributed by atoms with van der Waals surface area (Å²) in [6.07, 6.45) is 5.11. The Labute approximate surface area is 120 Å². The van der Waals surface area contributed by atoms with Gasteiger partial charge in [0, 0.05) is 31.5 Å². The first-order valence-corrected chi connectivity index (χ1v) is 7.37. The fourth-order valence-corrected chi connectivity index (χ4v) is 3.98. The van der Waals surface area contributed by atoms with Gasteiger partial charge in [0.2, 0.25) is 0 Å². The number of nitrogens with zero attached hydrogens (tertiary/aromatic N) is 2. The predicted octanol–water partition coefficient (Wildman–Crippen LogP) is 2.17. The normalized spacial score (nSPS) is 29.4. The van der Waals surface area contributed by atoms with E-state index in [4.69, 9.17) is 4.74 Å². The molecular formula is C16H22N2O2. The summed E-state index contributed by atoms with van der Waals surface area (Å²) in [4.78, 5) is 19.0. The number of likely N-dealkylation sites (tertiary alicyclic amines) is 1. The van der Waals surface area contributed by atoms with Crippen molar-refractivity contribution < 1.29 is 9.53 Å². The third-order valence-electron chi connectivity index (χ3n) is 5.04. The van der Waals surface area contributed by atoms with Crippen LogP contribution in [0.5, 0.6) is 0 Å². The molecule has 1 aromatic heterocycles. The summed E-state index contributed by atoms with van der Waals surface area (Å²) >= 11 is 0. The number of esters is 1. The molecule has 0 spiro atoms. The van der Waals surface area contributed by atoms with E-state index >= 15 is 0 Å². The molecule has 1 aromatic rings. The molecule has 0 radical (unpaired) electrons. The van der Waals surface area contributed by atoms with Crippen LogP contribution in [-0.2, 0) is 16.1 Å². The topological polar surface area (TPSA) is 42.4 Å². The minimum atomic E-state index is -0.245. The Hall–Kier alpha value is -1.42. The van der Waals surface area contributed by atoms with Crippen LogP contribution in [-0.4, -0.2) is 36.1 Å². The van der Waals surface area contributed by atoms with E-state index in [-0.39, 0.29) is 11.4 Å². The Balaban J connectivity index is 1.76. The van der Waals surface area contributed by atoms with Crippen molar-refractivity contribution in [1.29, 1.82) is 0 Å². The zero-order valence-electron chi connectivity index (χ0n) is 12.3. The summed E-state index contributed by atoms with van der Waals surface area (Å²) in [5.74, 6) is 0.456. The second-order valence-corrected chi connectivity index (χ2v) is 6.15. The number of carbonyl (C=O) groups excluding carboxylic acids is 1. The molecule has 0 unspecified atom stereocenters. The molecule has 3 rings (SSSR count). The van der Waals surface area contributed by atoms with Gasteiger partial charge in [0.05, 0.1) is 12.5 Å². The lowest BCUT2D eigenvalue weighted by Gasteiger charge is -2.25. The monoisotopic (exact) mass is 274 g/mol. The lowest BCUT2D eigenvalue weighted by Crippen LogP contribution is -2.36. The minimum Gasteiger partial charge on any atom is -0.469 e. The SMILES string of the molecule is COC(=O)[C@]12CCC[C@@H]1CN(Cc1cccnc1C)C2. The average Bonchev–Trinajstić information content (AvgIpc) is 2.98. The summed E-state index contributed by atoms with van der Waals surface area (Å²) in [7, 11) is 1.51. The van der Waals surface area contributed by atoms with Crippen molar-refractivity contribution in [3.05, 3.63) is 29.6 Å². The van der Waals surface area contributed by atoms with Gasteiger partial charge < -0.3 is 4.74 Å². The molecule has 20 heavy (non-hydrogen) atoms. The van der Waals surface area contributed by atoms with Gasteiger partial charge in [-0.25, -0.2) is 0 Å². The van der Waals surface area contributed by atoms with Crippen molar-refractivity contribution in [1.82, 2.24) is 9.88 Å². The van der Waals surface area contributed by atoms with Crippen LogP contribution in [0, 0.1) is 18.3 Å². The Kier molecular flexibility index (Phi) is 3.50. The van der Waals surface area contributed by atoms with Crippen molar-refractivity contribution in [2.75, 3.05) is 20.2 Å². The van der Waals surface area contributed by atoms with E-state index in [0.29, 0.717) is 5.92 Å². The van der Waals surface area contributed by atoms with Gasteiger partial charge in [0.25, 0.3) is 0 Å². The van der Waals surface area contributed by atoms with Gasteiger partial charge in [0.1, 0.15) is 0 Å². The van der Waals surface area contributed by atoms with Crippen LogP contribution >= 0.6 is 0 Å². The molecule has 2 heterocycles. The smallest absolute Gasteiger partial charge is 0.313 e. The maximum absolute atomic E-state index is 12.2. The highest BCUT2D eigenvalue weighted by Gasteiger charge is 2.55. The van der Waals surface area contributed by atoms with Crippen LogP contribution in [0.25, 0.3) is 0 Å². The lowest BCUT2D eigenvalue weighted by molar-refractivity contribution is -0.153. The number of fused-ring (bicyclic) bond motifs is 1. The summed E-state index contributed by atoms with van der Waals surface area (Å²) < 4.78 is 5.08. The number of carbonyl (C=O) groups is 1. The fraction of sp³-hybridized carbons (Fsp3) is 0.625. The van der Waals surface area contributed by atoms with E-state index in [9.17, 15) is 4.79 Å². The third-order valence-corrected chi connectivity index (χ3v) is 5.04. The van der Waals surface area contributed by atoms with E-state index in [0.717, 1.165) is 44.6 Å².